The van der Waals surface area contributed by atoms with Crippen molar-refractivity contribution in [2.75, 3.05) is 11.5 Å². The Balaban J connectivity index is 3.44. The third kappa shape index (κ3) is 1.03. The highest BCUT2D eigenvalue weighted by Gasteiger charge is 2.06. The Morgan fingerprint density at radius 3 is 2.45 bits per heavy atom. The highest BCUT2D eigenvalue weighted by molar-refractivity contribution is 5.72. The van der Waals surface area contributed by atoms with Crippen LogP contribution in [0.5, 0.6) is 5.75 Å². The van der Waals surface area contributed by atoms with Gasteiger partial charge in [-0.2, -0.15) is 5.26 Å². The van der Waals surface area contributed by atoms with Crippen LogP contribution < -0.4 is 11.5 Å². The van der Waals surface area contributed by atoms with Crippen molar-refractivity contribution in [1.82, 2.24) is 0 Å². The highest BCUT2D eigenvalue weighted by atomic mass is 16.3. The van der Waals surface area contributed by atoms with Gasteiger partial charge in [0.15, 0.2) is 0 Å². The number of phenols is 1. The van der Waals surface area contributed by atoms with E-state index in [1.54, 1.807) is 6.07 Å². The van der Waals surface area contributed by atoms with Gasteiger partial charge in [-0.15, -0.1) is 0 Å². The minimum atomic E-state index is -0.115. The second-order valence-corrected chi connectivity index (χ2v) is 2.07. The van der Waals surface area contributed by atoms with Gasteiger partial charge in [-0.3, -0.25) is 0 Å². The summed E-state index contributed by atoms with van der Waals surface area (Å²) in [4.78, 5) is 0. The molecule has 4 heteroatoms. The molecule has 0 aromatic heterocycles. The fraction of sp³-hybridized carbons (Fsp3) is 0. The van der Waals surface area contributed by atoms with E-state index >= 15 is 0 Å². The van der Waals surface area contributed by atoms with Gasteiger partial charge in [0.2, 0.25) is 0 Å². The molecular weight excluding hydrogens is 142 g/mol. The van der Waals surface area contributed by atoms with Crippen LogP contribution >= 0.6 is 0 Å². The summed E-state index contributed by atoms with van der Waals surface area (Å²) >= 11 is 0. The average molecular weight is 149 g/mol. The maximum atomic E-state index is 9.02. The van der Waals surface area contributed by atoms with Crippen molar-refractivity contribution >= 4 is 11.4 Å². The summed E-state index contributed by atoms with van der Waals surface area (Å²) in [5, 5.41) is 17.5. The highest BCUT2D eigenvalue weighted by Crippen LogP contribution is 2.27. The first-order valence-electron chi connectivity index (χ1n) is 2.94. The molecule has 4 nitrogen and oxygen atoms in total. The summed E-state index contributed by atoms with van der Waals surface area (Å²) in [6.07, 6.45) is 0. The molecule has 0 atom stereocenters. The number of aromatic hydroxyl groups is 1. The molecule has 56 valence electrons. The number of anilines is 2. The molecule has 0 unspecified atom stereocenters. The average Bonchev–Trinajstić information content (AvgIpc) is 1.99. The summed E-state index contributed by atoms with van der Waals surface area (Å²) in [7, 11) is 0. The van der Waals surface area contributed by atoms with Gasteiger partial charge in [0, 0.05) is 0 Å². The number of nitrogens with zero attached hydrogens (tertiary/aromatic N) is 1. The number of phenolic OH excluding ortho intramolecular Hbond substituents is 1. The molecule has 0 fully saturated rings. The number of nitrogens with two attached hydrogens (primary N) is 2. The number of nitriles is 1. The van der Waals surface area contributed by atoms with Gasteiger partial charge in [0.05, 0.1) is 11.4 Å². The molecule has 0 radical (unpaired) electrons. The molecule has 1 aromatic carbocycles. The van der Waals surface area contributed by atoms with Crippen molar-refractivity contribution in [3.8, 4) is 11.8 Å². The predicted molar refractivity (Wildman–Crippen MR) is 41.6 cm³/mol. The lowest BCUT2D eigenvalue weighted by atomic mass is 10.1. The third-order valence-corrected chi connectivity index (χ3v) is 1.37. The van der Waals surface area contributed by atoms with Crippen LogP contribution in [0.15, 0.2) is 12.1 Å². The molecule has 5 N–H and O–H groups in total. The van der Waals surface area contributed by atoms with E-state index in [0.29, 0.717) is 0 Å². The van der Waals surface area contributed by atoms with Crippen molar-refractivity contribution in [2.24, 2.45) is 0 Å². The molecule has 0 aliphatic carbocycles. The maximum Gasteiger partial charge on any atom is 0.139 e. The number of hydrogen-bond acceptors (Lipinski definition) is 4. The molecular formula is C7H7N3O. The number of hydrogen-bond donors (Lipinski definition) is 3. The zero-order chi connectivity index (χ0) is 8.43. The molecule has 1 aromatic rings. The van der Waals surface area contributed by atoms with Gasteiger partial charge in [-0.1, -0.05) is 0 Å². The first kappa shape index (κ1) is 7.22. The molecule has 0 saturated carbocycles. The standard InChI is InChI=1S/C7H7N3O/c8-3-4-5(9)1-2-6(11)7(4)10/h1-2,11H,9-10H2. The van der Waals surface area contributed by atoms with Crippen LogP contribution in [-0.2, 0) is 0 Å². The Hall–Kier alpha value is -1.89. The molecule has 0 saturated heterocycles. The predicted octanol–water partition coefficient (Wildman–Crippen LogP) is 0.428. The van der Waals surface area contributed by atoms with Crippen LogP contribution in [0.1, 0.15) is 5.56 Å². The van der Waals surface area contributed by atoms with E-state index in [1.165, 1.54) is 12.1 Å². The van der Waals surface area contributed by atoms with E-state index in [1.807, 2.05) is 0 Å². The van der Waals surface area contributed by atoms with E-state index in [9.17, 15) is 0 Å². The van der Waals surface area contributed by atoms with E-state index in [4.69, 9.17) is 21.8 Å². The largest absolute Gasteiger partial charge is 0.506 e. The molecule has 0 spiro atoms. The Kier molecular flexibility index (Phi) is 1.57. The first-order valence-corrected chi connectivity index (χ1v) is 2.94. The number of benzene rings is 1. The molecule has 0 aliphatic rings. The molecule has 0 aliphatic heterocycles. The summed E-state index contributed by atoms with van der Waals surface area (Å²) in [6, 6.07) is 4.58. The zero-order valence-corrected chi connectivity index (χ0v) is 5.70. The Bertz CT molecular complexity index is 327. The second-order valence-electron chi connectivity index (χ2n) is 2.07. The van der Waals surface area contributed by atoms with Crippen molar-refractivity contribution in [3.05, 3.63) is 17.7 Å². The van der Waals surface area contributed by atoms with E-state index < -0.39 is 0 Å². The summed E-state index contributed by atoms with van der Waals surface area (Å²) in [5.41, 5.74) is 11.2. The van der Waals surface area contributed by atoms with Crippen LogP contribution in [0.3, 0.4) is 0 Å². The van der Waals surface area contributed by atoms with Crippen molar-refractivity contribution in [2.45, 2.75) is 0 Å². The molecule has 0 bridgehead atoms. The van der Waals surface area contributed by atoms with Gasteiger partial charge in [-0.05, 0) is 12.1 Å². The number of rotatable bonds is 0. The maximum absolute atomic E-state index is 9.02. The van der Waals surface area contributed by atoms with E-state index in [0.717, 1.165) is 0 Å². The van der Waals surface area contributed by atoms with Crippen LogP contribution in [0, 0.1) is 11.3 Å². The van der Waals surface area contributed by atoms with Crippen molar-refractivity contribution in [3.63, 3.8) is 0 Å². The van der Waals surface area contributed by atoms with E-state index in [2.05, 4.69) is 0 Å². The fourth-order valence-corrected chi connectivity index (χ4v) is 0.750. The van der Waals surface area contributed by atoms with Crippen LogP contribution in [0.25, 0.3) is 0 Å². The SMILES string of the molecule is N#Cc1c(N)ccc(O)c1N. The van der Waals surface area contributed by atoms with Crippen LogP contribution in [0.4, 0.5) is 11.4 Å². The summed E-state index contributed by atoms with van der Waals surface area (Å²) in [6.45, 7) is 0. The monoisotopic (exact) mass is 149 g/mol. The minimum Gasteiger partial charge on any atom is -0.506 e. The van der Waals surface area contributed by atoms with Gasteiger partial charge < -0.3 is 16.6 Å². The smallest absolute Gasteiger partial charge is 0.139 e. The molecule has 1 rings (SSSR count). The first-order chi connectivity index (χ1) is 5.16. The molecule has 0 amide bonds. The third-order valence-electron chi connectivity index (χ3n) is 1.37. The minimum absolute atomic E-state index is 0.0347. The second kappa shape index (κ2) is 2.39. The molecule has 11 heavy (non-hydrogen) atoms. The zero-order valence-electron chi connectivity index (χ0n) is 5.70. The van der Waals surface area contributed by atoms with Crippen LogP contribution in [-0.4, -0.2) is 5.11 Å². The number of nitrogen functional groups attached to an aromatic ring is 2. The normalized spacial score (nSPS) is 9.00. The van der Waals surface area contributed by atoms with Crippen LogP contribution in [0.2, 0.25) is 0 Å². The topological polar surface area (TPSA) is 96.1 Å². The quantitative estimate of drug-likeness (QED) is 0.283. The fourth-order valence-electron chi connectivity index (χ4n) is 0.750. The Morgan fingerprint density at radius 1 is 1.36 bits per heavy atom. The lowest BCUT2D eigenvalue weighted by Crippen LogP contribution is -1.96. The Morgan fingerprint density at radius 2 is 2.00 bits per heavy atom. The summed E-state index contributed by atoms with van der Waals surface area (Å²) < 4.78 is 0. The van der Waals surface area contributed by atoms with Crippen molar-refractivity contribution in [1.29, 1.82) is 5.26 Å². The van der Waals surface area contributed by atoms with Gasteiger partial charge in [0.25, 0.3) is 0 Å². The van der Waals surface area contributed by atoms with Gasteiger partial charge >= 0.3 is 0 Å². The lowest BCUT2D eigenvalue weighted by molar-refractivity contribution is 0.478. The van der Waals surface area contributed by atoms with E-state index in [-0.39, 0.29) is 22.7 Å². The van der Waals surface area contributed by atoms with Gasteiger partial charge in [0.1, 0.15) is 17.4 Å². The molecule has 0 heterocycles. The summed E-state index contributed by atoms with van der Waals surface area (Å²) in [5.74, 6) is -0.115. The van der Waals surface area contributed by atoms with Crippen molar-refractivity contribution < 1.29 is 5.11 Å². The van der Waals surface area contributed by atoms with Gasteiger partial charge in [-0.25, -0.2) is 0 Å². The Labute approximate surface area is 63.7 Å². The lowest BCUT2D eigenvalue weighted by Gasteiger charge is -2.02.